The molecule has 1 atom stereocenters. The zero-order valence-electron chi connectivity index (χ0n) is 8.26. The molecular weight excluding hydrogens is 214 g/mol. The summed E-state index contributed by atoms with van der Waals surface area (Å²) in [6, 6.07) is 0. The minimum atomic E-state index is -3.63. The van der Waals surface area contributed by atoms with Crippen molar-refractivity contribution in [1.82, 2.24) is 4.72 Å². The number of hydrogen-bond acceptors (Lipinski definition) is 3. The minimum Gasteiger partial charge on any atom is -0.330 e. The summed E-state index contributed by atoms with van der Waals surface area (Å²) in [5.74, 6) is -0.222. The Hall–Kier alpha value is -0.270. The summed E-state index contributed by atoms with van der Waals surface area (Å²) >= 11 is 0. The first-order valence-corrected chi connectivity index (χ1v) is 5.92. The Morgan fingerprint density at radius 2 is 2.00 bits per heavy atom. The van der Waals surface area contributed by atoms with E-state index in [1.807, 2.05) is 4.72 Å². The first kappa shape index (κ1) is 13.7. The van der Waals surface area contributed by atoms with Crippen molar-refractivity contribution in [3.63, 3.8) is 0 Å². The van der Waals surface area contributed by atoms with E-state index in [-0.39, 0.29) is 18.7 Å². The van der Waals surface area contributed by atoms with Crippen molar-refractivity contribution in [2.24, 2.45) is 5.73 Å². The summed E-state index contributed by atoms with van der Waals surface area (Å²) < 4.78 is 49.3. The highest BCUT2D eigenvalue weighted by Gasteiger charge is 2.37. The fourth-order valence-electron chi connectivity index (χ4n) is 0.932. The number of hydrogen-bond donors (Lipinski definition) is 2. The fourth-order valence-corrected chi connectivity index (χ4v) is 1.98. The highest BCUT2D eigenvalue weighted by Crippen LogP contribution is 2.20. The van der Waals surface area contributed by atoms with Gasteiger partial charge in [-0.25, -0.2) is 21.9 Å². The van der Waals surface area contributed by atoms with E-state index in [0.717, 1.165) is 6.92 Å². The largest absolute Gasteiger partial charge is 0.330 e. The molecule has 86 valence electrons. The summed E-state index contributed by atoms with van der Waals surface area (Å²) in [5, 5.41) is 0. The molecule has 0 amide bonds. The number of rotatable bonds is 6. The van der Waals surface area contributed by atoms with Gasteiger partial charge in [0, 0.05) is 0 Å². The number of halogens is 2. The molecule has 7 heteroatoms. The molecule has 1 unspecified atom stereocenters. The minimum absolute atomic E-state index is 0.00702. The topological polar surface area (TPSA) is 72.2 Å². The van der Waals surface area contributed by atoms with Crippen molar-refractivity contribution >= 4 is 10.0 Å². The van der Waals surface area contributed by atoms with Crippen LogP contribution in [0.25, 0.3) is 0 Å². The fraction of sp³-hybridized carbons (Fsp3) is 1.00. The summed E-state index contributed by atoms with van der Waals surface area (Å²) in [4.78, 5) is 0. The first-order chi connectivity index (χ1) is 6.27. The highest BCUT2D eigenvalue weighted by atomic mass is 32.2. The molecule has 0 aliphatic carbocycles. The van der Waals surface area contributed by atoms with Crippen molar-refractivity contribution in [3.8, 4) is 0 Å². The van der Waals surface area contributed by atoms with Gasteiger partial charge in [0.25, 0.3) is 6.43 Å². The molecule has 0 aromatic heterocycles. The third-order valence-electron chi connectivity index (χ3n) is 1.91. The van der Waals surface area contributed by atoms with Crippen molar-refractivity contribution in [2.75, 3.05) is 12.3 Å². The third-order valence-corrected chi connectivity index (χ3v) is 3.45. The molecule has 0 heterocycles. The van der Waals surface area contributed by atoms with E-state index >= 15 is 0 Å². The molecule has 0 aromatic rings. The maximum atomic E-state index is 12.6. The summed E-state index contributed by atoms with van der Waals surface area (Å²) in [7, 11) is -3.63. The molecule has 4 nitrogen and oxygen atoms in total. The average Bonchev–Trinajstić information content (AvgIpc) is 2.03. The lowest BCUT2D eigenvalue weighted by atomic mass is 10.0. The highest BCUT2D eigenvalue weighted by molar-refractivity contribution is 7.89. The Labute approximate surface area is 82.9 Å². The van der Waals surface area contributed by atoms with Gasteiger partial charge in [-0.3, -0.25) is 0 Å². The van der Waals surface area contributed by atoms with Gasteiger partial charge in [-0.2, -0.15) is 0 Å². The second kappa shape index (κ2) is 4.99. The van der Waals surface area contributed by atoms with Gasteiger partial charge in [0.1, 0.15) is 0 Å². The average molecular weight is 230 g/mol. The lowest BCUT2D eigenvalue weighted by molar-refractivity contribution is 0.0503. The molecule has 0 spiro atoms. The molecule has 0 aromatic carbocycles. The molecule has 0 radical (unpaired) electrons. The monoisotopic (exact) mass is 230 g/mol. The van der Waals surface area contributed by atoms with Gasteiger partial charge in [0.15, 0.2) is 0 Å². The molecule has 0 aliphatic rings. The normalized spacial score (nSPS) is 17.0. The molecule has 0 aliphatic heterocycles. The SMILES string of the molecule is CCS(=O)(=O)NC(C)(CCN)C(F)F. The van der Waals surface area contributed by atoms with E-state index in [9.17, 15) is 17.2 Å². The molecule has 0 fully saturated rings. The summed E-state index contributed by atoms with van der Waals surface area (Å²) in [6.07, 6.45) is -2.86. The third kappa shape index (κ3) is 3.85. The van der Waals surface area contributed by atoms with Crippen LogP contribution in [0.4, 0.5) is 8.78 Å². The quantitative estimate of drug-likeness (QED) is 0.689. The van der Waals surface area contributed by atoms with Crippen LogP contribution in [0.5, 0.6) is 0 Å². The van der Waals surface area contributed by atoms with Gasteiger partial charge >= 0.3 is 0 Å². The molecule has 3 N–H and O–H groups in total. The van der Waals surface area contributed by atoms with Gasteiger partial charge in [-0.05, 0) is 26.8 Å². The predicted octanol–water partition coefficient (Wildman–Crippen LogP) is 0.298. The summed E-state index contributed by atoms with van der Waals surface area (Å²) in [6.45, 7) is 2.54. The Morgan fingerprint density at radius 3 is 2.29 bits per heavy atom. The maximum Gasteiger partial charge on any atom is 0.257 e. The second-order valence-electron chi connectivity index (χ2n) is 3.26. The van der Waals surface area contributed by atoms with E-state index in [0.29, 0.717) is 0 Å². The van der Waals surface area contributed by atoms with E-state index in [1.165, 1.54) is 6.92 Å². The van der Waals surface area contributed by atoms with Gasteiger partial charge < -0.3 is 5.73 Å². The first-order valence-electron chi connectivity index (χ1n) is 4.27. The molecule has 0 saturated heterocycles. The standard InChI is InChI=1S/C7H16F2N2O2S/c1-3-14(12,13)11-7(2,4-5-10)6(8)9/h6,11H,3-5,10H2,1-2H3. The van der Waals surface area contributed by atoms with Crippen LogP contribution in [0.1, 0.15) is 20.3 Å². The van der Waals surface area contributed by atoms with E-state index in [4.69, 9.17) is 5.73 Å². The van der Waals surface area contributed by atoms with Crippen molar-refractivity contribution in [3.05, 3.63) is 0 Å². The molecule has 0 saturated carbocycles. The molecular formula is C7H16F2N2O2S. The van der Waals surface area contributed by atoms with Crippen LogP contribution >= 0.6 is 0 Å². The Kier molecular flexibility index (Phi) is 4.90. The van der Waals surface area contributed by atoms with Gasteiger partial charge in [-0.15, -0.1) is 0 Å². The molecule has 14 heavy (non-hydrogen) atoms. The van der Waals surface area contributed by atoms with Crippen LogP contribution in [0.3, 0.4) is 0 Å². The zero-order chi connectivity index (χ0) is 11.4. The second-order valence-corrected chi connectivity index (χ2v) is 5.27. The maximum absolute atomic E-state index is 12.6. The van der Waals surface area contributed by atoms with Crippen LogP contribution < -0.4 is 10.5 Å². The van der Waals surface area contributed by atoms with Crippen LogP contribution in [-0.2, 0) is 10.0 Å². The van der Waals surface area contributed by atoms with Crippen LogP contribution in [-0.4, -0.2) is 32.7 Å². The van der Waals surface area contributed by atoms with E-state index < -0.39 is 22.0 Å². The van der Waals surface area contributed by atoms with E-state index in [2.05, 4.69) is 0 Å². The molecule has 0 bridgehead atoms. The number of alkyl halides is 2. The smallest absolute Gasteiger partial charge is 0.257 e. The number of sulfonamides is 1. The Bertz CT molecular complexity index is 269. The zero-order valence-corrected chi connectivity index (χ0v) is 9.07. The lowest BCUT2D eigenvalue weighted by Gasteiger charge is -2.28. The predicted molar refractivity (Wildman–Crippen MR) is 50.7 cm³/mol. The van der Waals surface area contributed by atoms with Crippen LogP contribution in [0.15, 0.2) is 0 Å². The number of nitrogens with one attached hydrogen (secondary N) is 1. The lowest BCUT2D eigenvalue weighted by Crippen LogP contribution is -2.52. The van der Waals surface area contributed by atoms with Gasteiger partial charge in [0.05, 0.1) is 11.3 Å². The van der Waals surface area contributed by atoms with Gasteiger partial charge in [-0.1, -0.05) is 0 Å². The van der Waals surface area contributed by atoms with Crippen LogP contribution in [0, 0.1) is 0 Å². The van der Waals surface area contributed by atoms with E-state index in [1.54, 1.807) is 0 Å². The summed E-state index contributed by atoms with van der Waals surface area (Å²) in [5.41, 5.74) is 3.38. The Morgan fingerprint density at radius 1 is 1.50 bits per heavy atom. The van der Waals surface area contributed by atoms with Crippen LogP contribution in [0.2, 0.25) is 0 Å². The van der Waals surface area contributed by atoms with Crippen molar-refractivity contribution in [2.45, 2.75) is 32.2 Å². The Balaban J connectivity index is 4.69. The molecule has 0 rings (SSSR count). The number of nitrogens with two attached hydrogens (primary N) is 1. The van der Waals surface area contributed by atoms with Crippen molar-refractivity contribution in [1.29, 1.82) is 0 Å². The van der Waals surface area contributed by atoms with Gasteiger partial charge in [0.2, 0.25) is 10.0 Å². The van der Waals surface area contributed by atoms with Crippen molar-refractivity contribution < 1.29 is 17.2 Å².